The quantitative estimate of drug-likeness (QED) is 0.278. The Kier molecular flexibility index (Phi) is 173. The Balaban J connectivity index is 0. The maximum absolute atomic E-state index is 0. The first-order valence-electron chi connectivity index (χ1n) is 0. The molecule has 0 nitrogen and oxygen atoms in total. The van der Waals surface area contributed by atoms with Crippen LogP contribution in [0.15, 0.2) is 0 Å². The van der Waals surface area contributed by atoms with E-state index in [2.05, 4.69) is 0 Å². The fourth-order valence-corrected chi connectivity index (χ4v) is 0. The average molecular weight is 120 g/mol. The van der Waals surface area contributed by atoms with Crippen LogP contribution >= 0.6 is 0 Å². The van der Waals surface area contributed by atoms with Gasteiger partial charge in [-0.05, 0) is 0 Å². The molecule has 0 spiro atoms. The second-order valence-corrected chi connectivity index (χ2v) is 0. The SMILES string of the molecule is [Cl-].[Cl-].[Mg+].[Mg+]. The van der Waals surface area contributed by atoms with Gasteiger partial charge in [0.05, 0.1) is 0 Å². The van der Waals surface area contributed by atoms with Crippen molar-refractivity contribution in [3.8, 4) is 0 Å². The molecular weight excluding hydrogens is 120 g/mol. The number of hydrogen-bond acceptors (Lipinski definition) is 0. The van der Waals surface area contributed by atoms with E-state index < -0.39 is 0 Å². The Morgan fingerprint density at radius 3 is 0.500 bits per heavy atom. The molecule has 0 bridgehead atoms. The Morgan fingerprint density at radius 2 is 0.500 bits per heavy atom. The Morgan fingerprint density at radius 1 is 0.500 bits per heavy atom. The van der Waals surface area contributed by atoms with E-state index in [4.69, 9.17) is 0 Å². The Labute approximate surface area is 70.2 Å². The monoisotopic (exact) mass is 118 g/mol. The van der Waals surface area contributed by atoms with Gasteiger partial charge in [0.25, 0.3) is 0 Å². The third-order valence-corrected chi connectivity index (χ3v) is 0. The molecule has 0 aliphatic carbocycles. The molecule has 0 saturated heterocycles. The summed E-state index contributed by atoms with van der Waals surface area (Å²) in [4.78, 5) is 0. The summed E-state index contributed by atoms with van der Waals surface area (Å²) in [5.74, 6) is 0. The first-order valence-corrected chi connectivity index (χ1v) is 0. The van der Waals surface area contributed by atoms with Gasteiger partial charge in [-0.25, -0.2) is 0 Å². The summed E-state index contributed by atoms with van der Waals surface area (Å²) in [6.45, 7) is 0. The molecular formula is Cl2Mg2. The molecule has 4 heteroatoms. The molecule has 0 saturated carbocycles. The molecule has 0 rings (SSSR count). The zero-order valence-corrected chi connectivity index (χ0v) is 6.51. The minimum absolute atomic E-state index is 0. The van der Waals surface area contributed by atoms with Crippen LogP contribution in [0.4, 0.5) is 0 Å². The van der Waals surface area contributed by atoms with E-state index in [0.717, 1.165) is 0 Å². The van der Waals surface area contributed by atoms with Gasteiger partial charge in [-0.15, -0.1) is 0 Å². The van der Waals surface area contributed by atoms with Crippen LogP contribution in [0.2, 0.25) is 0 Å². The van der Waals surface area contributed by atoms with Gasteiger partial charge >= 0.3 is 46.1 Å². The summed E-state index contributed by atoms with van der Waals surface area (Å²) in [7, 11) is 0. The van der Waals surface area contributed by atoms with Crippen molar-refractivity contribution in [1.29, 1.82) is 0 Å². The largest absolute Gasteiger partial charge is 1.00 e. The summed E-state index contributed by atoms with van der Waals surface area (Å²) < 4.78 is 0. The molecule has 0 atom stereocenters. The molecule has 18 valence electrons. The van der Waals surface area contributed by atoms with Gasteiger partial charge in [0, 0.05) is 0 Å². The van der Waals surface area contributed by atoms with E-state index in [1.807, 2.05) is 0 Å². The second-order valence-electron chi connectivity index (χ2n) is 0. The summed E-state index contributed by atoms with van der Waals surface area (Å²) >= 11 is 0. The molecule has 0 aromatic rings. The van der Waals surface area contributed by atoms with Crippen molar-refractivity contribution in [3.63, 3.8) is 0 Å². The van der Waals surface area contributed by atoms with E-state index in [-0.39, 0.29) is 70.9 Å². The summed E-state index contributed by atoms with van der Waals surface area (Å²) in [5.41, 5.74) is 0. The minimum Gasteiger partial charge on any atom is -1.00 e. The summed E-state index contributed by atoms with van der Waals surface area (Å²) in [6.07, 6.45) is 0. The number of rotatable bonds is 0. The van der Waals surface area contributed by atoms with E-state index in [0.29, 0.717) is 0 Å². The fourth-order valence-electron chi connectivity index (χ4n) is 0. The minimum atomic E-state index is 0. The van der Waals surface area contributed by atoms with Crippen LogP contribution < -0.4 is 24.8 Å². The van der Waals surface area contributed by atoms with Gasteiger partial charge in [-0.3, -0.25) is 0 Å². The molecule has 0 unspecified atom stereocenters. The van der Waals surface area contributed by atoms with Crippen LogP contribution in [-0.2, 0) is 0 Å². The zero-order chi connectivity index (χ0) is 0. The van der Waals surface area contributed by atoms with Crippen molar-refractivity contribution >= 4 is 46.1 Å². The number of halogens is 2. The molecule has 0 amide bonds. The average Bonchev–Trinajstić information content (AvgIpc) is 0. The third-order valence-electron chi connectivity index (χ3n) is 0. The van der Waals surface area contributed by atoms with Crippen LogP contribution in [0.3, 0.4) is 0 Å². The predicted octanol–water partition coefficient (Wildman–Crippen LogP) is -6.75. The van der Waals surface area contributed by atoms with E-state index in [9.17, 15) is 0 Å². The zero-order valence-electron chi connectivity index (χ0n) is 2.17. The van der Waals surface area contributed by atoms with Gasteiger partial charge in [0.2, 0.25) is 0 Å². The first kappa shape index (κ1) is 35.8. The topological polar surface area (TPSA) is 0 Å². The van der Waals surface area contributed by atoms with Crippen molar-refractivity contribution in [2.75, 3.05) is 0 Å². The van der Waals surface area contributed by atoms with Crippen LogP contribution in [0.25, 0.3) is 0 Å². The van der Waals surface area contributed by atoms with Crippen molar-refractivity contribution < 1.29 is 24.8 Å². The predicted molar refractivity (Wildman–Crippen MR) is 11.5 cm³/mol. The molecule has 0 aromatic carbocycles. The standard InChI is InChI=1S/2ClH.2Mg/h2*1H;;/q;;2*+1/p-2. The normalized spacial score (nSPS) is 0. The van der Waals surface area contributed by atoms with Gasteiger partial charge in [-0.1, -0.05) is 0 Å². The van der Waals surface area contributed by atoms with Crippen LogP contribution in [0.1, 0.15) is 0 Å². The summed E-state index contributed by atoms with van der Waals surface area (Å²) in [6, 6.07) is 0. The molecule has 0 aliphatic rings. The molecule has 0 N–H and O–H groups in total. The van der Waals surface area contributed by atoms with Gasteiger partial charge in [0.1, 0.15) is 0 Å². The van der Waals surface area contributed by atoms with Crippen molar-refractivity contribution in [2.45, 2.75) is 0 Å². The van der Waals surface area contributed by atoms with E-state index >= 15 is 0 Å². The molecule has 0 heterocycles. The summed E-state index contributed by atoms with van der Waals surface area (Å²) in [5, 5.41) is 0. The van der Waals surface area contributed by atoms with Crippen molar-refractivity contribution in [3.05, 3.63) is 0 Å². The number of hydrogen-bond donors (Lipinski definition) is 0. The maximum Gasteiger partial charge on any atom is 1.00 e. The third kappa shape index (κ3) is 8.93. The van der Waals surface area contributed by atoms with Gasteiger partial charge < -0.3 is 24.8 Å². The molecule has 4 heavy (non-hydrogen) atoms. The first-order chi connectivity index (χ1) is 0. The van der Waals surface area contributed by atoms with Crippen LogP contribution in [0, 0.1) is 0 Å². The Bertz CT molecular complexity index is 4.00. The van der Waals surface area contributed by atoms with Crippen LogP contribution in [-0.4, -0.2) is 46.1 Å². The fraction of sp³-hybridized carbons (Fsp3) is 0. The maximum atomic E-state index is 0. The van der Waals surface area contributed by atoms with Crippen molar-refractivity contribution in [2.24, 2.45) is 0 Å². The Hall–Kier alpha value is 2.11. The van der Waals surface area contributed by atoms with Crippen molar-refractivity contribution in [1.82, 2.24) is 0 Å². The second kappa shape index (κ2) is 19.4. The molecule has 0 fully saturated rings. The molecule has 0 aliphatic heterocycles. The van der Waals surface area contributed by atoms with Gasteiger partial charge in [-0.2, -0.15) is 0 Å². The van der Waals surface area contributed by atoms with E-state index in [1.165, 1.54) is 0 Å². The van der Waals surface area contributed by atoms with E-state index in [1.54, 1.807) is 0 Å². The smallest absolute Gasteiger partial charge is 1.00 e. The van der Waals surface area contributed by atoms with Crippen LogP contribution in [0.5, 0.6) is 0 Å². The molecule has 2 radical (unpaired) electrons. The van der Waals surface area contributed by atoms with Gasteiger partial charge in [0.15, 0.2) is 0 Å². The molecule has 0 aromatic heterocycles.